The molecule has 40 heavy (non-hydrogen) atoms. The Labute approximate surface area is 233 Å². The molecule has 3 aromatic rings. The molecule has 10 heteroatoms. The minimum atomic E-state index is -0.709. The van der Waals surface area contributed by atoms with Crippen molar-refractivity contribution in [2.75, 3.05) is 26.2 Å². The molecule has 1 N–H and O–H groups in total. The first-order chi connectivity index (χ1) is 19.4. The molecule has 2 amide bonds. The number of amides is 2. The number of rotatable bonds is 1. The van der Waals surface area contributed by atoms with Crippen molar-refractivity contribution in [3.8, 4) is 5.75 Å². The fourth-order valence-corrected chi connectivity index (χ4v) is 6.20. The number of carbonyl (C=O) groups excluding carboxylic acids is 3. The number of furan rings is 1. The summed E-state index contributed by atoms with van der Waals surface area (Å²) in [4.78, 5) is 41.8. The Morgan fingerprint density at radius 1 is 1.02 bits per heavy atom. The van der Waals surface area contributed by atoms with Crippen molar-refractivity contribution in [3.63, 3.8) is 0 Å². The van der Waals surface area contributed by atoms with Crippen LogP contribution in [0.25, 0.3) is 0 Å². The van der Waals surface area contributed by atoms with Gasteiger partial charge in [0, 0.05) is 58.1 Å². The summed E-state index contributed by atoms with van der Waals surface area (Å²) in [6, 6.07) is 7.99. The van der Waals surface area contributed by atoms with Crippen molar-refractivity contribution in [2.45, 2.75) is 64.8 Å². The molecule has 7 rings (SSSR count). The molecule has 1 saturated heterocycles. The van der Waals surface area contributed by atoms with Gasteiger partial charge in [-0.25, -0.2) is 0 Å². The summed E-state index contributed by atoms with van der Waals surface area (Å²) < 4.78 is 13.5. The second-order valence-corrected chi connectivity index (χ2v) is 11.2. The molecule has 1 aromatic carbocycles. The predicted octanol–water partition coefficient (Wildman–Crippen LogP) is 3.31. The number of fused-ring (bicyclic) bond motifs is 9. The smallest absolute Gasteiger partial charge is 0.258 e. The quantitative estimate of drug-likeness (QED) is 0.498. The summed E-state index contributed by atoms with van der Waals surface area (Å²) in [5.41, 5.74) is 2.03. The van der Waals surface area contributed by atoms with Crippen LogP contribution in [0, 0.1) is 12.3 Å². The number of hydrogen-bond acceptors (Lipinski definition) is 7. The Hall–Kier alpha value is -3.95. The number of nitrogens with zero attached hydrogens (tertiary/aromatic N) is 4. The topological polar surface area (TPSA) is 120 Å². The van der Waals surface area contributed by atoms with E-state index in [1.54, 1.807) is 16.5 Å². The van der Waals surface area contributed by atoms with E-state index in [4.69, 9.17) is 9.15 Å². The third kappa shape index (κ3) is 5.14. The molecule has 0 unspecified atom stereocenters. The van der Waals surface area contributed by atoms with Crippen LogP contribution in [0.15, 0.2) is 34.9 Å². The Morgan fingerprint density at radius 3 is 2.62 bits per heavy atom. The fourth-order valence-electron chi connectivity index (χ4n) is 6.20. The number of aromatic nitrogens is 3. The fraction of sp³-hybridized carbons (Fsp3) is 0.500. The highest BCUT2D eigenvalue weighted by molar-refractivity contribution is 6.10. The summed E-state index contributed by atoms with van der Waals surface area (Å²) >= 11 is 0. The predicted molar refractivity (Wildman–Crippen MR) is 145 cm³/mol. The molecule has 0 saturated carbocycles. The molecule has 1 spiro atoms. The summed E-state index contributed by atoms with van der Waals surface area (Å²) in [7, 11) is 0. The van der Waals surface area contributed by atoms with Crippen LogP contribution in [0.5, 0.6) is 5.75 Å². The number of Topliss-reactive ketones (excluding diaryl/α,β-unsaturated/α-hetero) is 1. The number of ketones is 1. The molecule has 10 nitrogen and oxygen atoms in total. The van der Waals surface area contributed by atoms with E-state index in [9.17, 15) is 14.4 Å². The van der Waals surface area contributed by atoms with Gasteiger partial charge in [-0.3, -0.25) is 19.1 Å². The van der Waals surface area contributed by atoms with Gasteiger partial charge in [0.05, 0.1) is 28.8 Å². The zero-order valence-electron chi connectivity index (χ0n) is 22.9. The van der Waals surface area contributed by atoms with Crippen LogP contribution < -0.4 is 10.1 Å². The lowest BCUT2D eigenvalue weighted by atomic mass is 9.73. The van der Waals surface area contributed by atoms with E-state index in [1.165, 1.54) is 0 Å². The number of aryl methyl sites for hydroxylation is 3. The molecular formula is C30H35N5O5. The van der Waals surface area contributed by atoms with Gasteiger partial charge in [-0.2, -0.15) is 0 Å². The van der Waals surface area contributed by atoms with Crippen LogP contribution in [-0.4, -0.2) is 63.7 Å². The first-order valence-corrected chi connectivity index (χ1v) is 14.3. The number of piperidine rings is 1. The number of benzene rings is 1. The lowest BCUT2D eigenvalue weighted by Gasteiger charge is -2.40. The summed E-state index contributed by atoms with van der Waals surface area (Å²) in [6.07, 6.45) is 6.70. The molecular weight excluding hydrogens is 510 g/mol. The van der Waals surface area contributed by atoms with E-state index in [0.29, 0.717) is 94.0 Å². The Balaban J connectivity index is 1.21. The Bertz CT molecular complexity index is 1410. The van der Waals surface area contributed by atoms with Gasteiger partial charge in [0.15, 0.2) is 5.78 Å². The van der Waals surface area contributed by atoms with E-state index in [1.807, 2.05) is 30.5 Å². The van der Waals surface area contributed by atoms with E-state index in [-0.39, 0.29) is 17.6 Å². The Kier molecular flexibility index (Phi) is 7.16. The summed E-state index contributed by atoms with van der Waals surface area (Å²) in [6.45, 7) is 4.33. The van der Waals surface area contributed by atoms with Crippen LogP contribution in [0.1, 0.15) is 75.6 Å². The van der Waals surface area contributed by atoms with Crippen molar-refractivity contribution in [1.29, 1.82) is 0 Å². The van der Waals surface area contributed by atoms with Crippen LogP contribution in [0.3, 0.4) is 0 Å². The second kappa shape index (κ2) is 10.9. The maximum Gasteiger partial charge on any atom is 0.258 e. The van der Waals surface area contributed by atoms with Crippen LogP contribution >= 0.6 is 0 Å². The van der Waals surface area contributed by atoms with Crippen LogP contribution in [0.4, 0.5) is 0 Å². The molecule has 2 aromatic heterocycles. The van der Waals surface area contributed by atoms with E-state index < -0.39 is 5.41 Å². The first-order valence-electron chi connectivity index (χ1n) is 14.3. The van der Waals surface area contributed by atoms with E-state index in [2.05, 4.69) is 15.6 Å². The molecule has 210 valence electrons. The maximum absolute atomic E-state index is 13.8. The normalized spacial score (nSPS) is 19.6. The van der Waals surface area contributed by atoms with Gasteiger partial charge in [0.2, 0.25) is 5.91 Å². The molecule has 1 aliphatic carbocycles. The van der Waals surface area contributed by atoms with Gasteiger partial charge >= 0.3 is 0 Å². The second-order valence-electron chi connectivity index (χ2n) is 11.2. The molecule has 4 aliphatic rings. The standard InChI is InChI=1S/C30H35N5O5/c1-20-26(27-24(36)4-2-5-25(27)40-20)28(37)34-15-11-30(12-16-34)18-22-19-35(33-32-22)14-3-17-39-23-8-6-21(7-9-23)10-13-31-29(30)38/h6-9,19H,2-5,10-18H2,1H3,(H,31,38). The largest absolute Gasteiger partial charge is 0.494 e. The lowest BCUT2D eigenvalue weighted by molar-refractivity contribution is -0.133. The highest BCUT2D eigenvalue weighted by atomic mass is 16.5. The minimum Gasteiger partial charge on any atom is -0.494 e. The first kappa shape index (κ1) is 26.3. The van der Waals surface area contributed by atoms with Crippen molar-refractivity contribution >= 4 is 17.6 Å². The molecule has 3 aliphatic heterocycles. The van der Waals surface area contributed by atoms with Gasteiger partial charge in [-0.05, 0) is 50.3 Å². The third-order valence-electron chi connectivity index (χ3n) is 8.48. The lowest BCUT2D eigenvalue weighted by Crippen LogP contribution is -2.51. The minimum absolute atomic E-state index is 0.0214. The number of likely N-dealkylation sites (tertiary alicyclic amines) is 1. The van der Waals surface area contributed by atoms with Gasteiger partial charge in [-0.1, -0.05) is 17.3 Å². The number of nitrogens with one attached hydrogen (secondary N) is 1. The van der Waals surface area contributed by atoms with Crippen molar-refractivity contribution in [1.82, 2.24) is 25.2 Å². The highest BCUT2D eigenvalue weighted by Crippen LogP contribution is 2.37. The Morgan fingerprint density at radius 2 is 1.82 bits per heavy atom. The van der Waals surface area contributed by atoms with E-state index in [0.717, 1.165) is 29.8 Å². The van der Waals surface area contributed by atoms with Gasteiger partial charge in [0.25, 0.3) is 5.91 Å². The van der Waals surface area contributed by atoms with Gasteiger partial charge < -0.3 is 19.4 Å². The zero-order chi connectivity index (χ0) is 27.7. The van der Waals surface area contributed by atoms with Gasteiger partial charge in [-0.15, -0.1) is 5.10 Å². The number of hydrogen-bond donors (Lipinski definition) is 1. The summed E-state index contributed by atoms with van der Waals surface area (Å²) in [5.74, 6) is 1.72. The SMILES string of the molecule is Cc1oc2c(c1C(=O)N1CCC3(CC1)Cc1cn(nn1)CCCOc1ccc(cc1)CCNC3=O)C(=O)CCC2. The van der Waals surface area contributed by atoms with Gasteiger partial charge in [0.1, 0.15) is 17.3 Å². The van der Waals surface area contributed by atoms with Crippen LogP contribution in [-0.2, 0) is 30.6 Å². The molecule has 4 bridgehead atoms. The maximum atomic E-state index is 13.8. The van der Waals surface area contributed by atoms with Crippen molar-refractivity contribution in [3.05, 3.63) is 64.4 Å². The molecule has 0 radical (unpaired) electrons. The van der Waals surface area contributed by atoms with E-state index >= 15 is 0 Å². The van der Waals surface area contributed by atoms with Crippen molar-refractivity contribution in [2.24, 2.45) is 5.41 Å². The third-order valence-corrected chi connectivity index (χ3v) is 8.48. The zero-order valence-corrected chi connectivity index (χ0v) is 22.9. The average molecular weight is 546 g/mol. The molecule has 1 fully saturated rings. The molecule has 5 heterocycles. The average Bonchev–Trinajstić information content (AvgIpc) is 3.55. The number of carbonyl (C=O) groups is 3. The summed E-state index contributed by atoms with van der Waals surface area (Å²) in [5, 5.41) is 11.8. The highest BCUT2D eigenvalue weighted by Gasteiger charge is 2.44. The monoisotopic (exact) mass is 545 g/mol. The van der Waals surface area contributed by atoms with Crippen molar-refractivity contribution < 1.29 is 23.5 Å². The van der Waals surface area contributed by atoms with Crippen LogP contribution in [0.2, 0.25) is 0 Å². The molecule has 0 atom stereocenters. The number of ether oxygens (including phenoxy) is 1.